The lowest BCUT2D eigenvalue weighted by Gasteiger charge is -2.34. The van der Waals surface area contributed by atoms with Crippen molar-refractivity contribution in [1.29, 1.82) is 0 Å². The molecule has 1 aromatic heterocycles. The third kappa shape index (κ3) is 3.94. The number of nitrogens with zero attached hydrogens (tertiary/aromatic N) is 5. The van der Waals surface area contributed by atoms with Crippen LogP contribution in [0.25, 0.3) is 0 Å². The highest BCUT2D eigenvalue weighted by Crippen LogP contribution is 2.16. The summed E-state index contributed by atoms with van der Waals surface area (Å²) in [7, 11) is 3.97. The highest BCUT2D eigenvalue weighted by molar-refractivity contribution is 6.30. The van der Waals surface area contributed by atoms with Crippen LogP contribution < -0.4 is 0 Å². The topological polar surface area (TPSA) is 54.3 Å². The van der Waals surface area contributed by atoms with Crippen LogP contribution in [-0.4, -0.2) is 63.9 Å². The van der Waals surface area contributed by atoms with Crippen molar-refractivity contribution in [1.82, 2.24) is 24.8 Å². The van der Waals surface area contributed by atoms with Crippen LogP contribution in [0.1, 0.15) is 28.9 Å². The molecule has 0 unspecified atom stereocenters. The summed E-state index contributed by atoms with van der Waals surface area (Å²) in [5.74, 6) is -0.0630. The summed E-state index contributed by atoms with van der Waals surface area (Å²) in [5, 5.41) is 8.82. The molecule has 3 rings (SSSR count). The van der Waals surface area contributed by atoms with Gasteiger partial charge in [0.05, 0.1) is 12.7 Å². The number of amides is 1. The Morgan fingerprint density at radius 2 is 1.96 bits per heavy atom. The molecule has 1 aliphatic rings. The van der Waals surface area contributed by atoms with E-state index in [4.69, 9.17) is 11.6 Å². The minimum absolute atomic E-state index is 0.0630. The molecule has 24 heavy (non-hydrogen) atoms. The lowest BCUT2D eigenvalue weighted by atomic mass is 10.0. The van der Waals surface area contributed by atoms with Crippen molar-refractivity contribution >= 4 is 17.5 Å². The number of hydrogen-bond donors (Lipinski definition) is 0. The van der Waals surface area contributed by atoms with Crippen LogP contribution >= 0.6 is 11.6 Å². The molecule has 0 saturated carbocycles. The fourth-order valence-corrected chi connectivity index (χ4v) is 3.11. The van der Waals surface area contributed by atoms with Gasteiger partial charge in [0.15, 0.2) is 5.69 Å². The van der Waals surface area contributed by atoms with Crippen molar-refractivity contribution in [3.05, 3.63) is 46.7 Å². The Hall–Kier alpha value is -1.92. The minimum Gasteiger partial charge on any atom is -0.337 e. The van der Waals surface area contributed by atoms with E-state index in [0.717, 1.165) is 31.5 Å². The SMILES string of the molecule is CN1CCC(N(C)C(=O)c2cn(Cc3ccc(Cl)cc3)nn2)CC1. The number of likely N-dealkylation sites (tertiary alicyclic amines) is 1. The van der Waals surface area contributed by atoms with Crippen LogP contribution in [0, 0.1) is 0 Å². The second-order valence-corrected chi connectivity index (χ2v) is 6.81. The molecule has 1 fully saturated rings. The molecule has 1 amide bonds. The monoisotopic (exact) mass is 347 g/mol. The Morgan fingerprint density at radius 3 is 2.62 bits per heavy atom. The summed E-state index contributed by atoms with van der Waals surface area (Å²) < 4.78 is 1.68. The maximum Gasteiger partial charge on any atom is 0.276 e. The largest absolute Gasteiger partial charge is 0.337 e. The molecular weight excluding hydrogens is 326 g/mol. The summed E-state index contributed by atoms with van der Waals surface area (Å²) in [6.45, 7) is 2.60. The van der Waals surface area contributed by atoms with E-state index in [2.05, 4.69) is 22.3 Å². The molecule has 2 aromatic rings. The van der Waals surface area contributed by atoms with Gasteiger partial charge in [0.25, 0.3) is 5.91 Å². The number of carbonyl (C=O) groups is 1. The molecule has 7 heteroatoms. The van der Waals surface area contributed by atoms with Gasteiger partial charge in [-0.2, -0.15) is 0 Å². The molecule has 0 radical (unpaired) electrons. The van der Waals surface area contributed by atoms with E-state index >= 15 is 0 Å². The van der Waals surface area contributed by atoms with Crippen molar-refractivity contribution in [2.75, 3.05) is 27.2 Å². The third-order valence-corrected chi connectivity index (χ3v) is 4.82. The van der Waals surface area contributed by atoms with Gasteiger partial charge in [-0.25, -0.2) is 4.68 Å². The molecule has 0 bridgehead atoms. The van der Waals surface area contributed by atoms with Crippen molar-refractivity contribution in [3.8, 4) is 0 Å². The molecule has 0 atom stereocenters. The van der Waals surface area contributed by atoms with Gasteiger partial charge >= 0.3 is 0 Å². The lowest BCUT2D eigenvalue weighted by molar-refractivity contribution is 0.0653. The molecule has 0 aliphatic carbocycles. The van der Waals surface area contributed by atoms with Gasteiger partial charge in [-0.3, -0.25) is 4.79 Å². The average molecular weight is 348 g/mol. The van der Waals surface area contributed by atoms with Crippen LogP contribution in [0.4, 0.5) is 0 Å². The van der Waals surface area contributed by atoms with Crippen molar-refractivity contribution < 1.29 is 4.79 Å². The summed E-state index contributed by atoms with van der Waals surface area (Å²) >= 11 is 5.89. The second-order valence-electron chi connectivity index (χ2n) is 6.38. The number of hydrogen-bond acceptors (Lipinski definition) is 4. The van der Waals surface area contributed by atoms with E-state index in [0.29, 0.717) is 17.3 Å². The Labute approximate surface area is 147 Å². The first-order valence-corrected chi connectivity index (χ1v) is 8.51. The van der Waals surface area contributed by atoms with Crippen molar-refractivity contribution in [2.24, 2.45) is 0 Å². The maximum absolute atomic E-state index is 12.6. The lowest BCUT2D eigenvalue weighted by Crippen LogP contribution is -2.44. The van der Waals surface area contributed by atoms with Crippen LogP contribution in [0.2, 0.25) is 5.02 Å². The first-order chi connectivity index (χ1) is 11.5. The molecule has 0 spiro atoms. The highest BCUT2D eigenvalue weighted by Gasteiger charge is 2.26. The Kier molecular flexibility index (Phi) is 5.16. The average Bonchev–Trinajstić information content (AvgIpc) is 3.05. The fraction of sp³-hybridized carbons (Fsp3) is 0.471. The molecule has 2 heterocycles. The summed E-state index contributed by atoms with van der Waals surface area (Å²) in [4.78, 5) is 16.7. The second kappa shape index (κ2) is 7.32. The smallest absolute Gasteiger partial charge is 0.276 e. The molecule has 1 aromatic carbocycles. The predicted molar refractivity (Wildman–Crippen MR) is 93.2 cm³/mol. The Morgan fingerprint density at radius 1 is 1.29 bits per heavy atom. The Balaban J connectivity index is 1.63. The number of carbonyl (C=O) groups excluding carboxylic acids is 1. The van der Waals surface area contributed by atoms with Gasteiger partial charge < -0.3 is 9.80 Å². The fourth-order valence-electron chi connectivity index (χ4n) is 2.98. The minimum atomic E-state index is -0.0630. The van der Waals surface area contributed by atoms with E-state index in [-0.39, 0.29) is 11.9 Å². The van der Waals surface area contributed by atoms with Gasteiger partial charge in [0.1, 0.15) is 0 Å². The predicted octanol–water partition coefficient (Wildman–Crippen LogP) is 2.15. The van der Waals surface area contributed by atoms with Gasteiger partial charge in [0.2, 0.25) is 0 Å². The normalized spacial score (nSPS) is 16.3. The van der Waals surface area contributed by atoms with E-state index in [1.807, 2.05) is 36.2 Å². The summed E-state index contributed by atoms with van der Waals surface area (Å²) in [6, 6.07) is 7.84. The maximum atomic E-state index is 12.6. The number of rotatable bonds is 4. The number of benzene rings is 1. The molecule has 1 saturated heterocycles. The van der Waals surface area contributed by atoms with Crippen LogP contribution in [0.5, 0.6) is 0 Å². The first kappa shape index (κ1) is 16.9. The molecular formula is C17H22ClN5O. The van der Waals surface area contributed by atoms with E-state index in [1.54, 1.807) is 10.9 Å². The van der Waals surface area contributed by atoms with Crippen molar-refractivity contribution in [2.45, 2.75) is 25.4 Å². The molecule has 1 aliphatic heterocycles. The highest BCUT2D eigenvalue weighted by atomic mass is 35.5. The quantitative estimate of drug-likeness (QED) is 0.850. The summed E-state index contributed by atoms with van der Waals surface area (Å²) in [6.07, 6.45) is 3.71. The number of aromatic nitrogens is 3. The van der Waals surface area contributed by atoms with E-state index in [9.17, 15) is 4.79 Å². The van der Waals surface area contributed by atoms with E-state index in [1.165, 1.54) is 0 Å². The summed E-state index contributed by atoms with van der Waals surface area (Å²) in [5.41, 5.74) is 1.46. The number of halogens is 1. The van der Waals surface area contributed by atoms with Crippen LogP contribution in [0.15, 0.2) is 30.5 Å². The van der Waals surface area contributed by atoms with Gasteiger partial charge in [-0.05, 0) is 50.7 Å². The van der Waals surface area contributed by atoms with Crippen LogP contribution in [0.3, 0.4) is 0 Å². The first-order valence-electron chi connectivity index (χ1n) is 8.13. The Bertz CT molecular complexity index is 691. The zero-order chi connectivity index (χ0) is 17.1. The zero-order valence-electron chi connectivity index (χ0n) is 14.0. The van der Waals surface area contributed by atoms with Gasteiger partial charge in [-0.1, -0.05) is 28.9 Å². The number of piperidine rings is 1. The van der Waals surface area contributed by atoms with E-state index < -0.39 is 0 Å². The molecule has 0 N–H and O–H groups in total. The van der Waals surface area contributed by atoms with Crippen LogP contribution in [-0.2, 0) is 6.54 Å². The van der Waals surface area contributed by atoms with Gasteiger partial charge in [0, 0.05) is 18.1 Å². The molecule has 128 valence electrons. The zero-order valence-corrected chi connectivity index (χ0v) is 14.8. The standard InChI is InChI=1S/C17H22ClN5O/c1-21-9-7-15(8-10-21)22(2)17(24)16-12-23(20-19-16)11-13-3-5-14(18)6-4-13/h3-6,12,15H,7-11H2,1-2H3. The van der Waals surface area contributed by atoms with Gasteiger partial charge in [-0.15, -0.1) is 5.10 Å². The third-order valence-electron chi connectivity index (χ3n) is 4.57. The molecule has 6 nitrogen and oxygen atoms in total. The van der Waals surface area contributed by atoms with Crippen molar-refractivity contribution in [3.63, 3.8) is 0 Å².